The lowest BCUT2D eigenvalue weighted by Crippen LogP contribution is -2.40. The van der Waals surface area contributed by atoms with Crippen LogP contribution in [0, 0.1) is 23.0 Å². The summed E-state index contributed by atoms with van der Waals surface area (Å²) in [4.78, 5) is 22.5. The molecule has 0 bridgehead atoms. The molecule has 0 radical (unpaired) electrons. The molecule has 1 aromatic rings. The fraction of sp³-hybridized carbons (Fsp3) is 0.500. The van der Waals surface area contributed by atoms with E-state index in [-0.39, 0.29) is 17.5 Å². The van der Waals surface area contributed by atoms with Crippen LogP contribution in [0.1, 0.15) is 25.3 Å². The average Bonchev–Trinajstić information content (AvgIpc) is 2.40. The standard InChI is InChI=1S/C14H19N3O3/c1-9-7-12(17(19)20)3-4-13(9)16-14(18)11-5-6-15-10(2)8-11/h3-4,7,10-11,15H,5-6,8H2,1-2H3,(H,16,18). The van der Waals surface area contributed by atoms with Gasteiger partial charge in [-0.15, -0.1) is 0 Å². The van der Waals surface area contributed by atoms with E-state index in [1.807, 2.05) is 0 Å². The van der Waals surface area contributed by atoms with E-state index >= 15 is 0 Å². The Morgan fingerprint density at radius 3 is 2.85 bits per heavy atom. The quantitative estimate of drug-likeness (QED) is 0.655. The van der Waals surface area contributed by atoms with Crippen molar-refractivity contribution in [3.05, 3.63) is 33.9 Å². The Labute approximate surface area is 117 Å². The van der Waals surface area contributed by atoms with Crippen LogP contribution in [0.5, 0.6) is 0 Å². The van der Waals surface area contributed by atoms with Gasteiger partial charge in [-0.3, -0.25) is 14.9 Å². The number of nitrogens with one attached hydrogen (secondary N) is 2. The van der Waals surface area contributed by atoms with Gasteiger partial charge in [0.05, 0.1) is 4.92 Å². The molecule has 2 atom stereocenters. The number of piperidine rings is 1. The Morgan fingerprint density at radius 1 is 1.50 bits per heavy atom. The van der Waals surface area contributed by atoms with Crippen molar-refractivity contribution in [3.8, 4) is 0 Å². The van der Waals surface area contributed by atoms with Crippen molar-refractivity contribution in [3.63, 3.8) is 0 Å². The second kappa shape index (κ2) is 6.00. The second-order valence-electron chi connectivity index (χ2n) is 5.32. The summed E-state index contributed by atoms with van der Waals surface area (Å²) in [6, 6.07) is 4.82. The van der Waals surface area contributed by atoms with E-state index in [1.54, 1.807) is 13.0 Å². The molecule has 0 aromatic heterocycles. The number of carbonyl (C=O) groups excluding carboxylic acids is 1. The molecule has 2 N–H and O–H groups in total. The molecule has 1 aliphatic heterocycles. The summed E-state index contributed by atoms with van der Waals surface area (Å²) in [5, 5.41) is 16.9. The SMILES string of the molecule is Cc1cc([N+](=O)[O-])ccc1NC(=O)C1CCNC(C)C1. The molecule has 1 fully saturated rings. The van der Waals surface area contributed by atoms with Crippen LogP contribution >= 0.6 is 0 Å². The number of non-ortho nitro benzene ring substituents is 1. The van der Waals surface area contributed by atoms with Gasteiger partial charge in [0.25, 0.3) is 5.69 Å². The Kier molecular flexibility index (Phi) is 4.34. The zero-order valence-electron chi connectivity index (χ0n) is 11.7. The predicted molar refractivity (Wildman–Crippen MR) is 76.7 cm³/mol. The van der Waals surface area contributed by atoms with Crippen molar-refractivity contribution in [2.24, 2.45) is 5.92 Å². The fourth-order valence-electron chi connectivity index (χ4n) is 2.51. The van der Waals surface area contributed by atoms with Gasteiger partial charge < -0.3 is 10.6 Å². The van der Waals surface area contributed by atoms with E-state index in [0.717, 1.165) is 19.4 Å². The summed E-state index contributed by atoms with van der Waals surface area (Å²) in [5.41, 5.74) is 1.39. The third-order valence-electron chi connectivity index (χ3n) is 3.67. The highest BCUT2D eigenvalue weighted by Gasteiger charge is 2.25. The van der Waals surface area contributed by atoms with E-state index < -0.39 is 4.92 Å². The Bertz CT molecular complexity index is 530. The maximum atomic E-state index is 12.2. The maximum Gasteiger partial charge on any atom is 0.269 e. The first-order chi connectivity index (χ1) is 9.47. The number of nitrogens with zero attached hydrogens (tertiary/aromatic N) is 1. The van der Waals surface area contributed by atoms with Gasteiger partial charge in [-0.25, -0.2) is 0 Å². The van der Waals surface area contributed by atoms with Gasteiger partial charge in [-0.2, -0.15) is 0 Å². The van der Waals surface area contributed by atoms with Gasteiger partial charge in [0.15, 0.2) is 0 Å². The first-order valence-corrected chi connectivity index (χ1v) is 6.76. The van der Waals surface area contributed by atoms with Crippen LogP contribution in [0.25, 0.3) is 0 Å². The van der Waals surface area contributed by atoms with Gasteiger partial charge in [-0.05, 0) is 44.9 Å². The van der Waals surface area contributed by atoms with Crippen LogP contribution in [0.4, 0.5) is 11.4 Å². The highest BCUT2D eigenvalue weighted by Crippen LogP contribution is 2.23. The molecular weight excluding hydrogens is 258 g/mol. The van der Waals surface area contributed by atoms with Crippen LogP contribution in [-0.4, -0.2) is 23.4 Å². The molecule has 1 heterocycles. The van der Waals surface area contributed by atoms with Crippen LogP contribution in [-0.2, 0) is 4.79 Å². The number of benzene rings is 1. The summed E-state index contributed by atoms with van der Waals surface area (Å²) in [6.07, 6.45) is 1.64. The number of anilines is 1. The second-order valence-corrected chi connectivity index (χ2v) is 5.32. The monoisotopic (exact) mass is 277 g/mol. The van der Waals surface area contributed by atoms with Crippen molar-refractivity contribution in [1.82, 2.24) is 5.32 Å². The van der Waals surface area contributed by atoms with Crippen molar-refractivity contribution >= 4 is 17.3 Å². The molecule has 6 nitrogen and oxygen atoms in total. The number of nitro groups is 1. The molecule has 0 saturated carbocycles. The zero-order chi connectivity index (χ0) is 14.7. The number of amides is 1. The first-order valence-electron chi connectivity index (χ1n) is 6.76. The minimum Gasteiger partial charge on any atom is -0.326 e. The summed E-state index contributed by atoms with van der Waals surface area (Å²) >= 11 is 0. The number of hydrogen-bond acceptors (Lipinski definition) is 4. The normalized spacial score (nSPS) is 22.3. The maximum absolute atomic E-state index is 12.2. The third-order valence-corrected chi connectivity index (χ3v) is 3.67. The number of rotatable bonds is 3. The van der Waals surface area contributed by atoms with Gasteiger partial charge in [-0.1, -0.05) is 0 Å². The van der Waals surface area contributed by atoms with E-state index in [0.29, 0.717) is 17.3 Å². The molecule has 0 spiro atoms. The van der Waals surface area contributed by atoms with Crippen LogP contribution in [0.15, 0.2) is 18.2 Å². The van der Waals surface area contributed by atoms with Gasteiger partial charge >= 0.3 is 0 Å². The molecule has 1 aromatic carbocycles. The fourth-order valence-corrected chi connectivity index (χ4v) is 2.51. The third kappa shape index (κ3) is 3.33. The molecule has 2 rings (SSSR count). The molecule has 1 amide bonds. The Balaban J connectivity index is 2.06. The van der Waals surface area contributed by atoms with Crippen molar-refractivity contribution in [1.29, 1.82) is 0 Å². The average molecular weight is 277 g/mol. The summed E-state index contributed by atoms with van der Waals surface area (Å²) < 4.78 is 0. The molecule has 6 heteroatoms. The number of carbonyl (C=O) groups is 1. The highest BCUT2D eigenvalue weighted by molar-refractivity contribution is 5.93. The predicted octanol–water partition coefficient (Wildman–Crippen LogP) is 2.23. The zero-order valence-corrected chi connectivity index (χ0v) is 11.7. The summed E-state index contributed by atoms with van der Waals surface area (Å²) in [7, 11) is 0. The molecule has 1 saturated heterocycles. The first kappa shape index (κ1) is 14.5. The smallest absolute Gasteiger partial charge is 0.269 e. The minimum absolute atomic E-state index is 0.000780. The van der Waals surface area contributed by atoms with Crippen molar-refractivity contribution in [2.45, 2.75) is 32.7 Å². The lowest BCUT2D eigenvalue weighted by atomic mass is 9.92. The topological polar surface area (TPSA) is 84.3 Å². The van der Waals surface area contributed by atoms with E-state index in [9.17, 15) is 14.9 Å². The summed E-state index contributed by atoms with van der Waals surface area (Å²) in [5.74, 6) is -0.00357. The van der Waals surface area contributed by atoms with Crippen molar-refractivity contribution < 1.29 is 9.72 Å². The largest absolute Gasteiger partial charge is 0.326 e. The molecule has 20 heavy (non-hydrogen) atoms. The van der Waals surface area contributed by atoms with Gasteiger partial charge in [0.2, 0.25) is 5.91 Å². The molecule has 0 aliphatic carbocycles. The van der Waals surface area contributed by atoms with Gasteiger partial charge in [0, 0.05) is 29.8 Å². The van der Waals surface area contributed by atoms with E-state index in [4.69, 9.17) is 0 Å². The molecule has 1 aliphatic rings. The lowest BCUT2D eigenvalue weighted by molar-refractivity contribution is -0.384. The Morgan fingerprint density at radius 2 is 2.25 bits per heavy atom. The number of nitro benzene ring substituents is 1. The molecule has 108 valence electrons. The van der Waals surface area contributed by atoms with E-state index in [1.165, 1.54) is 12.1 Å². The minimum atomic E-state index is -0.437. The van der Waals surface area contributed by atoms with E-state index in [2.05, 4.69) is 17.6 Å². The number of aryl methyl sites for hydroxylation is 1. The highest BCUT2D eigenvalue weighted by atomic mass is 16.6. The summed E-state index contributed by atoms with van der Waals surface area (Å²) in [6.45, 7) is 4.67. The van der Waals surface area contributed by atoms with Crippen molar-refractivity contribution in [2.75, 3.05) is 11.9 Å². The molecule has 2 unspecified atom stereocenters. The number of hydrogen-bond donors (Lipinski definition) is 2. The van der Waals surface area contributed by atoms with Crippen LogP contribution < -0.4 is 10.6 Å². The van der Waals surface area contributed by atoms with Crippen LogP contribution in [0.2, 0.25) is 0 Å². The Hall–Kier alpha value is -1.95. The van der Waals surface area contributed by atoms with Crippen LogP contribution in [0.3, 0.4) is 0 Å². The molecular formula is C14H19N3O3. The van der Waals surface area contributed by atoms with Gasteiger partial charge in [0.1, 0.15) is 0 Å². The lowest BCUT2D eigenvalue weighted by Gasteiger charge is -2.27.